The van der Waals surface area contributed by atoms with Crippen molar-refractivity contribution < 1.29 is 0 Å². The first-order valence-corrected chi connectivity index (χ1v) is 28.0. The minimum Gasteiger partial charge on any atom is -0.226 e. The van der Waals surface area contributed by atoms with E-state index in [2.05, 4.69) is 291 Å². The summed E-state index contributed by atoms with van der Waals surface area (Å²) in [5.41, 5.74) is 15.6. The van der Waals surface area contributed by atoms with E-state index in [0.717, 1.165) is 60.2 Å². The van der Waals surface area contributed by atoms with Gasteiger partial charge in [-0.2, -0.15) is 0 Å². The normalized spacial score (nSPS) is 11.5. The van der Waals surface area contributed by atoms with Gasteiger partial charge < -0.3 is 0 Å². The van der Waals surface area contributed by atoms with Crippen molar-refractivity contribution in [2.75, 3.05) is 0 Å². The van der Waals surface area contributed by atoms with Gasteiger partial charge in [-0.05, 0) is 107 Å². The Morgan fingerprint density at radius 1 is 0.284 bits per heavy atom. The van der Waals surface area contributed by atoms with Gasteiger partial charge in [0.1, 0.15) is 0 Å². The summed E-state index contributed by atoms with van der Waals surface area (Å²) in [5, 5.41) is 6.53. The van der Waals surface area contributed by atoms with Gasteiger partial charge in [0.05, 0.1) is 15.9 Å². The van der Waals surface area contributed by atoms with E-state index in [4.69, 9.17) is 9.97 Å². The maximum absolute atomic E-state index is 5.33. The third-order valence-corrected chi connectivity index (χ3v) is 20.4. The molecule has 0 aliphatic heterocycles. The molecule has 13 aromatic rings. The fraction of sp³-hybridized carbons (Fsp3) is 0. The summed E-state index contributed by atoms with van der Waals surface area (Å²) < 4.78 is 2.31. The summed E-state index contributed by atoms with van der Waals surface area (Å²) in [4.78, 5) is 10.6. The predicted molar refractivity (Wildman–Crippen MR) is 317 cm³/mol. The molecule has 2 heterocycles. The molecule has 0 amide bonds. The number of nitrogens with zero attached hydrogens (tertiary/aromatic N) is 2. The molecule has 0 spiro atoms. The summed E-state index contributed by atoms with van der Waals surface area (Å²) >= 11 is 1.76. The summed E-state index contributed by atoms with van der Waals surface area (Å²) in [7, 11) is -2.84. The van der Waals surface area contributed by atoms with Crippen LogP contribution in [-0.4, -0.2) is 18.0 Å². The molecule has 348 valence electrons. The number of thiophene rings is 1. The second-order valence-corrected chi connectivity index (χ2v) is 23.7. The summed E-state index contributed by atoms with van der Waals surface area (Å²) in [6.07, 6.45) is 0. The first kappa shape index (κ1) is 44.8. The van der Waals surface area contributed by atoms with Gasteiger partial charge in [0.15, 0.2) is 13.9 Å². The Balaban J connectivity index is 1.00. The average molecular weight is 977 g/mol. The quantitative estimate of drug-likeness (QED) is 0.0953. The van der Waals surface area contributed by atoms with Gasteiger partial charge in [0.2, 0.25) is 0 Å². The highest BCUT2D eigenvalue weighted by molar-refractivity contribution is 7.26. The molecule has 0 aliphatic carbocycles. The number of hydrogen-bond donors (Lipinski definition) is 0. The highest BCUT2D eigenvalue weighted by Crippen LogP contribution is 2.45. The van der Waals surface area contributed by atoms with E-state index in [1.807, 2.05) is 0 Å². The Morgan fingerprint density at radius 3 is 1.28 bits per heavy atom. The predicted octanol–water partition coefficient (Wildman–Crippen LogP) is 15.9. The van der Waals surface area contributed by atoms with Crippen LogP contribution in [0.15, 0.2) is 291 Å². The third-order valence-electron chi connectivity index (χ3n) is 14.4. The number of hydrogen-bond acceptors (Lipinski definition) is 3. The summed E-state index contributed by atoms with van der Waals surface area (Å²) in [6, 6.07) is 107. The summed E-state index contributed by atoms with van der Waals surface area (Å²) in [5.74, 6) is 0.714. The van der Waals surface area contributed by atoms with Gasteiger partial charge in [-0.15, -0.1) is 11.3 Å². The van der Waals surface area contributed by atoms with Crippen molar-refractivity contribution in [1.82, 2.24) is 9.97 Å². The molecular formula is C70H48N2SSi. The second-order valence-electron chi connectivity index (χ2n) is 18.8. The minimum absolute atomic E-state index is 0.714. The van der Waals surface area contributed by atoms with Crippen molar-refractivity contribution in [2.45, 2.75) is 0 Å². The molecule has 0 fully saturated rings. The van der Waals surface area contributed by atoms with Crippen molar-refractivity contribution in [2.24, 2.45) is 0 Å². The molecule has 0 aliphatic rings. The monoisotopic (exact) mass is 976 g/mol. The Bertz CT molecular complexity index is 4010. The van der Waals surface area contributed by atoms with Gasteiger partial charge in [-0.1, -0.05) is 261 Å². The smallest absolute Gasteiger partial charge is 0.179 e. The van der Waals surface area contributed by atoms with Gasteiger partial charge >= 0.3 is 0 Å². The van der Waals surface area contributed by atoms with E-state index in [1.54, 1.807) is 11.3 Å². The Labute approximate surface area is 437 Å². The van der Waals surface area contributed by atoms with Gasteiger partial charge in [0, 0.05) is 21.2 Å². The SMILES string of the molecule is c1ccc(-c2cc(-c3cccc(-c4cccc(-c5nc(-c6ccccc6)c6sc7ccccc7c6n5)c4)c3)c(-c3ccccc3)c(-c3cccc([Si](c4ccccc4)(c4ccccc4)c4ccccc4)c3)c2)cc1. The lowest BCUT2D eigenvalue weighted by atomic mass is 9.84. The maximum Gasteiger partial charge on any atom is 0.179 e. The number of fused-ring (bicyclic) bond motifs is 3. The molecule has 0 radical (unpaired) electrons. The van der Waals surface area contributed by atoms with Crippen LogP contribution in [0.5, 0.6) is 0 Å². The molecule has 0 saturated heterocycles. The van der Waals surface area contributed by atoms with Crippen LogP contribution in [-0.2, 0) is 0 Å². The fourth-order valence-electron chi connectivity index (χ4n) is 11.0. The van der Waals surface area contributed by atoms with Crippen LogP contribution in [0.3, 0.4) is 0 Å². The van der Waals surface area contributed by atoms with E-state index in [0.29, 0.717) is 5.82 Å². The lowest BCUT2D eigenvalue weighted by Crippen LogP contribution is -2.74. The van der Waals surface area contributed by atoms with Crippen molar-refractivity contribution in [3.63, 3.8) is 0 Å². The highest BCUT2D eigenvalue weighted by atomic mass is 32.1. The van der Waals surface area contributed by atoms with Crippen molar-refractivity contribution in [3.8, 4) is 78.3 Å². The first-order chi connectivity index (χ1) is 36.7. The Kier molecular flexibility index (Phi) is 11.8. The largest absolute Gasteiger partial charge is 0.226 e. The average Bonchev–Trinajstić information content (AvgIpc) is 3.90. The van der Waals surface area contributed by atoms with E-state index >= 15 is 0 Å². The van der Waals surface area contributed by atoms with Crippen molar-refractivity contribution in [1.29, 1.82) is 0 Å². The van der Waals surface area contributed by atoms with Crippen LogP contribution in [0.25, 0.3) is 98.6 Å². The van der Waals surface area contributed by atoms with E-state index in [9.17, 15) is 0 Å². The molecule has 0 bridgehead atoms. The van der Waals surface area contributed by atoms with Gasteiger partial charge in [-0.25, -0.2) is 9.97 Å². The minimum atomic E-state index is -2.84. The number of aromatic nitrogens is 2. The second kappa shape index (κ2) is 19.5. The highest BCUT2D eigenvalue weighted by Gasteiger charge is 2.41. The third kappa shape index (κ3) is 8.17. The number of benzene rings is 11. The zero-order chi connectivity index (χ0) is 49.3. The summed E-state index contributed by atoms with van der Waals surface area (Å²) in [6.45, 7) is 0. The van der Waals surface area contributed by atoms with E-state index in [1.165, 1.54) is 53.3 Å². The molecule has 13 rings (SSSR count). The molecule has 2 aromatic heterocycles. The molecule has 2 nitrogen and oxygen atoms in total. The molecule has 0 N–H and O–H groups in total. The molecule has 0 atom stereocenters. The van der Waals surface area contributed by atoms with Crippen LogP contribution < -0.4 is 20.7 Å². The van der Waals surface area contributed by atoms with Crippen molar-refractivity contribution in [3.05, 3.63) is 291 Å². The Morgan fingerprint density at radius 2 is 0.703 bits per heavy atom. The first-order valence-electron chi connectivity index (χ1n) is 25.2. The van der Waals surface area contributed by atoms with Gasteiger partial charge in [0.25, 0.3) is 0 Å². The van der Waals surface area contributed by atoms with Crippen LogP contribution in [0.1, 0.15) is 0 Å². The lowest BCUT2D eigenvalue weighted by molar-refractivity contribution is 1.24. The van der Waals surface area contributed by atoms with E-state index in [-0.39, 0.29) is 0 Å². The van der Waals surface area contributed by atoms with Crippen molar-refractivity contribution >= 4 is 60.5 Å². The Hall–Kier alpha value is -9.06. The topological polar surface area (TPSA) is 25.8 Å². The molecule has 0 unspecified atom stereocenters. The van der Waals surface area contributed by atoms with Gasteiger partial charge in [-0.3, -0.25) is 0 Å². The molecule has 0 saturated carbocycles. The van der Waals surface area contributed by atoms with Crippen LogP contribution in [0.2, 0.25) is 0 Å². The zero-order valence-electron chi connectivity index (χ0n) is 40.5. The standard InChI is InChI=1S/C70H48N2SSi/c1-7-24-49(25-8-1)57-47-63(54-32-21-30-52(44-54)53-31-22-34-56(45-53)70-71-67(51-28-11-3-12-29-51)69-68(72-70)62-42-19-20-43-65(62)73-69)66(50-26-9-2-10-27-50)64(48-57)55-33-23-41-61(46-55)74(58-35-13-4-14-36-58,59-37-15-5-16-38-59)60-39-17-6-18-40-60/h1-48H. The number of rotatable bonds is 11. The van der Waals surface area contributed by atoms with Crippen LogP contribution in [0, 0.1) is 0 Å². The lowest BCUT2D eigenvalue weighted by Gasteiger charge is -2.34. The van der Waals surface area contributed by atoms with E-state index < -0.39 is 8.07 Å². The maximum atomic E-state index is 5.33. The molecule has 11 aromatic carbocycles. The van der Waals surface area contributed by atoms with Crippen LogP contribution >= 0.6 is 11.3 Å². The van der Waals surface area contributed by atoms with Crippen LogP contribution in [0.4, 0.5) is 0 Å². The molecule has 74 heavy (non-hydrogen) atoms. The molecular weight excluding hydrogens is 929 g/mol. The molecule has 4 heteroatoms. The zero-order valence-corrected chi connectivity index (χ0v) is 42.3. The fourth-order valence-corrected chi connectivity index (χ4v) is 17.0.